The molecule has 0 aliphatic carbocycles. The predicted octanol–water partition coefficient (Wildman–Crippen LogP) is 3.75. The second kappa shape index (κ2) is 7.18. The van der Waals surface area contributed by atoms with E-state index in [4.69, 9.17) is 9.52 Å². The Balaban J connectivity index is 2.08. The zero-order chi connectivity index (χ0) is 14.4. The van der Waals surface area contributed by atoms with Crippen LogP contribution in [0.4, 0.5) is 4.39 Å². The van der Waals surface area contributed by atoms with Gasteiger partial charge in [-0.2, -0.15) is 0 Å². The van der Waals surface area contributed by atoms with Gasteiger partial charge in [0.25, 0.3) is 0 Å². The number of aliphatic hydroxyl groups excluding tert-OH is 1. The van der Waals surface area contributed by atoms with Crippen molar-refractivity contribution >= 4 is 11.8 Å². The summed E-state index contributed by atoms with van der Waals surface area (Å²) in [6.45, 7) is 1.92. The summed E-state index contributed by atoms with van der Waals surface area (Å²) in [5.74, 6) is 6.89. The number of hydrogen-bond donors (Lipinski definition) is 1. The molecule has 0 atom stereocenters. The normalized spacial score (nSPS) is 10.2. The SMILES string of the molecule is Cc1occc1SCc1cc(F)cc(C#CCCO)c1. The van der Waals surface area contributed by atoms with Gasteiger partial charge in [0.15, 0.2) is 0 Å². The third kappa shape index (κ3) is 4.16. The summed E-state index contributed by atoms with van der Waals surface area (Å²) >= 11 is 1.60. The Hall–Kier alpha value is -1.70. The van der Waals surface area contributed by atoms with Crippen LogP contribution < -0.4 is 0 Å². The first kappa shape index (κ1) is 14.7. The fraction of sp³-hybridized carbons (Fsp3) is 0.250. The van der Waals surface area contributed by atoms with E-state index in [2.05, 4.69) is 11.8 Å². The second-order valence-electron chi connectivity index (χ2n) is 4.25. The summed E-state index contributed by atoms with van der Waals surface area (Å²) in [5, 5.41) is 8.68. The molecule has 0 bridgehead atoms. The molecule has 1 heterocycles. The molecule has 20 heavy (non-hydrogen) atoms. The topological polar surface area (TPSA) is 33.4 Å². The Morgan fingerprint density at radius 3 is 2.90 bits per heavy atom. The van der Waals surface area contributed by atoms with Gasteiger partial charge in [-0.25, -0.2) is 4.39 Å². The maximum Gasteiger partial charge on any atom is 0.124 e. The van der Waals surface area contributed by atoms with E-state index in [1.165, 1.54) is 12.1 Å². The molecule has 2 nitrogen and oxygen atoms in total. The maximum atomic E-state index is 13.5. The highest BCUT2D eigenvalue weighted by molar-refractivity contribution is 7.98. The standard InChI is InChI=1S/C16H15FO2S/c1-12-16(5-7-19-12)20-11-14-8-13(4-2-3-6-18)9-15(17)10-14/h5,7-10,18H,3,6,11H2,1H3. The van der Waals surface area contributed by atoms with Gasteiger partial charge in [-0.05, 0) is 36.8 Å². The Bertz CT molecular complexity index is 637. The molecule has 4 heteroatoms. The summed E-state index contributed by atoms with van der Waals surface area (Å²) < 4.78 is 18.8. The fourth-order valence-electron chi connectivity index (χ4n) is 1.71. The average Bonchev–Trinajstić information content (AvgIpc) is 2.82. The Kier molecular flexibility index (Phi) is 5.28. The monoisotopic (exact) mass is 290 g/mol. The van der Waals surface area contributed by atoms with Gasteiger partial charge in [-0.1, -0.05) is 11.8 Å². The van der Waals surface area contributed by atoms with Crippen LogP contribution in [-0.4, -0.2) is 11.7 Å². The summed E-state index contributed by atoms with van der Waals surface area (Å²) in [6.07, 6.45) is 2.05. The summed E-state index contributed by atoms with van der Waals surface area (Å²) in [4.78, 5) is 1.06. The molecule has 0 aliphatic heterocycles. The van der Waals surface area contributed by atoms with Crippen molar-refractivity contribution in [2.45, 2.75) is 24.0 Å². The highest BCUT2D eigenvalue weighted by atomic mass is 32.2. The Morgan fingerprint density at radius 1 is 1.35 bits per heavy atom. The second-order valence-corrected chi connectivity index (χ2v) is 5.27. The molecule has 0 aliphatic rings. The molecule has 1 N–H and O–H groups in total. The van der Waals surface area contributed by atoms with Crippen LogP contribution in [0.15, 0.2) is 39.8 Å². The number of rotatable bonds is 4. The van der Waals surface area contributed by atoms with Gasteiger partial charge in [-0.3, -0.25) is 0 Å². The summed E-state index contributed by atoms with van der Waals surface area (Å²) in [5.41, 5.74) is 1.52. The molecule has 1 aromatic heterocycles. The quantitative estimate of drug-likeness (QED) is 0.687. The fourth-order valence-corrected chi connectivity index (χ4v) is 2.60. The molecule has 0 fully saturated rings. The first-order valence-corrected chi connectivity index (χ1v) is 7.23. The molecule has 104 valence electrons. The number of benzene rings is 1. The number of hydrogen-bond acceptors (Lipinski definition) is 3. The van der Waals surface area contributed by atoms with Crippen LogP contribution in [0.1, 0.15) is 23.3 Å². The lowest BCUT2D eigenvalue weighted by molar-refractivity contribution is 0.305. The lowest BCUT2D eigenvalue weighted by atomic mass is 10.1. The van der Waals surface area contributed by atoms with Gasteiger partial charge in [0, 0.05) is 22.6 Å². The highest BCUT2D eigenvalue weighted by Crippen LogP contribution is 2.27. The Morgan fingerprint density at radius 2 is 2.20 bits per heavy atom. The van der Waals surface area contributed by atoms with Crippen LogP contribution in [0.3, 0.4) is 0 Å². The van der Waals surface area contributed by atoms with Gasteiger partial charge >= 0.3 is 0 Å². The van der Waals surface area contributed by atoms with Crippen molar-refractivity contribution in [3.8, 4) is 11.8 Å². The molecular weight excluding hydrogens is 275 g/mol. The summed E-state index contributed by atoms with van der Waals surface area (Å²) in [7, 11) is 0. The molecule has 0 amide bonds. The molecule has 0 saturated carbocycles. The molecule has 0 radical (unpaired) electrons. The van der Waals surface area contributed by atoms with Crippen molar-refractivity contribution in [1.82, 2.24) is 0 Å². The van der Waals surface area contributed by atoms with Crippen molar-refractivity contribution in [3.05, 3.63) is 53.2 Å². The van der Waals surface area contributed by atoms with Crippen molar-refractivity contribution < 1.29 is 13.9 Å². The van der Waals surface area contributed by atoms with E-state index in [1.54, 1.807) is 18.0 Å². The minimum Gasteiger partial charge on any atom is -0.468 e. The lowest BCUT2D eigenvalue weighted by Gasteiger charge is -2.02. The van der Waals surface area contributed by atoms with Crippen molar-refractivity contribution in [2.24, 2.45) is 0 Å². The smallest absolute Gasteiger partial charge is 0.124 e. The number of aliphatic hydroxyl groups is 1. The van der Waals surface area contributed by atoms with E-state index >= 15 is 0 Å². The number of aryl methyl sites for hydroxylation is 1. The largest absolute Gasteiger partial charge is 0.468 e. The van der Waals surface area contributed by atoms with Gasteiger partial charge < -0.3 is 9.52 Å². The van der Waals surface area contributed by atoms with E-state index in [-0.39, 0.29) is 12.4 Å². The Labute approximate surface area is 122 Å². The molecule has 0 saturated heterocycles. The predicted molar refractivity (Wildman–Crippen MR) is 78.0 cm³/mol. The van der Waals surface area contributed by atoms with Gasteiger partial charge in [0.2, 0.25) is 0 Å². The van der Waals surface area contributed by atoms with Crippen LogP contribution >= 0.6 is 11.8 Å². The third-order valence-corrected chi connectivity index (χ3v) is 3.84. The highest BCUT2D eigenvalue weighted by Gasteiger charge is 2.04. The lowest BCUT2D eigenvalue weighted by Crippen LogP contribution is -1.87. The van der Waals surface area contributed by atoms with Gasteiger partial charge in [-0.15, -0.1) is 11.8 Å². The molecule has 2 aromatic rings. The number of furan rings is 1. The van der Waals surface area contributed by atoms with E-state index in [0.29, 0.717) is 17.7 Å². The van der Waals surface area contributed by atoms with E-state index in [1.807, 2.05) is 19.1 Å². The van der Waals surface area contributed by atoms with Crippen molar-refractivity contribution in [2.75, 3.05) is 6.61 Å². The number of halogens is 1. The maximum absolute atomic E-state index is 13.5. The van der Waals surface area contributed by atoms with Crippen LogP contribution in [-0.2, 0) is 5.75 Å². The van der Waals surface area contributed by atoms with E-state index < -0.39 is 0 Å². The minimum absolute atomic E-state index is 0.0186. The van der Waals surface area contributed by atoms with Crippen molar-refractivity contribution in [3.63, 3.8) is 0 Å². The van der Waals surface area contributed by atoms with Gasteiger partial charge in [0.05, 0.1) is 12.9 Å². The average molecular weight is 290 g/mol. The number of thioether (sulfide) groups is 1. The van der Waals surface area contributed by atoms with Gasteiger partial charge in [0.1, 0.15) is 11.6 Å². The molecular formula is C16H15FO2S. The molecule has 0 unspecified atom stereocenters. The first-order valence-electron chi connectivity index (χ1n) is 6.25. The zero-order valence-corrected chi connectivity index (χ0v) is 12.0. The van der Waals surface area contributed by atoms with Crippen LogP contribution in [0.25, 0.3) is 0 Å². The first-order chi connectivity index (χ1) is 9.69. The molecule has 2 rings (SSSR count). The van der Waals surface area contributed by atoms with Crippen LogP contribution in [0.5, 0.6) is 0 Å². The molecule has 0 spiro atoms. The van der Waals surface area contributed by atoms with E-state index in [0.717, 1.165) is 16.2 Å². The zero-order valence-electron chi connectivity index (χ0n) is 11.1. The third-order valence-electron chi connectivity index (χ3n) is 2.63. The van der Waals surface area contributed by atoms with Crippen LogP contribution in [0.2, 0.25) is 0 Å². The van der Waals surface area contributed by atoms with Crippen LogP contribution in [0, 0.1) is 24.6 Å². The van der Waals surface area contributed by atoms with Crippen molar-refractivity contribution in [1.29, 1.82) is 0 Å². The molecule has 1 aromatic carbocycles. The van der Waals surface area contributed by atoms with E-state index in [9.17, 15) is 4.39 Å². The minimum atomic E-state index is -0.291. The summed E-state index contributed by atoms with van der Waals surface area (Å²) in [6, 6.07) is 6.69.